The minimum atomic E-state index is -0.533. The Morgan fingerprint density at radius 1 is 1.00 bits per heavy atom. The first-order chi connectivity index (χ1) is 8.18. The summed E-state index contributed by atoms with van der Waals surface area (Å²) in [6.45, 7) is 0. The van der Waals surface area contributed by atoms with Gasteiger partial charge in [0.2, 0.25) is 0 Å². The molecule has 0 atom stereocenters. The molecule has 0 aliphatic carbocycles. The number of anilines is 2. The van der Waals surface area contributed by atoms with E-state index in [1.165, 1.54) is 4.90 Å². The second-order valence-corrected chi connectivity index (χ2v) is 4.64. The fourth-order valence-electron chi connectivity index (χ4n) is 1.54. The van der Waals surface area contributed by atoms with Gasteiger partial charge < -0.3 is 0 Å². The Labute approximate surface area is 113 Å². The molecular weight excluding hydrogens is 302 g/mol. The van der Waals surface area contributed by atoms with Gasteiger partial charge in [0, 0.05) is 4.47 Å². The lowest BCUT2D eigenvalue weighted by atomic mass is 10.2. The average molecular weight is 311 g/mol. The molecule has 4 heteroatoms. The van der Waals surface area contributed by atoms with Crippen LogP contribution in [0.4, 0.5) is 16.2 Å². The zero-order chi connectivity index (χ0) is 12.3. The monoisotopic (exact) mass is 309 g/mol. The van der Waals surface area contributed by atoms with Crippen LogP contribution in [0, 0.1) is 0 Å². The molecule has 86 valence electrons. The minimum absolute atomic E-state index is 0.533. The van der Waals surface area contributed by atoms with Crippen molar-refractivity contribution in [2.75, 3.05) is 4.90 Å². The molecule has 0 fully saturated rings. The van der Waals surface area contributed by atoms with Crippen LogP contribution in [0.5, 0.6) is 0 Å². The largest absolute Gasteiger partial charge is 0.325 e. The van der Waals surface area contributed by atoms with E-state index in [1.54, 1.807) is 0 Å². The number of amides is 1. The standard InChI is InChI=1S/C13H9BrClNO/c14-10-5-4-8-12(9-10)16(13(15)17)11-6-2-1-3-7-11/h1-9H. The van der Waals surface area contributed by atoms with E-state index < -0.39 is 5.37 Å². The first-order valence-corrected chi connectivity index (χ1v) is 6.16. The van der Waals surface area contributed by atoms with E-state index in [1.807, 2.05) is 54.6 Å². The molecule has 0 bridgehead atoms. The summed E-state index contributed by atoms with van der Waals surface area (Å²) < 4.78 is 0.897. The van der Waals surface area contributed by atoms with Gasteiger partial charge in [0.15, 0.2) is 0 Å². The number of hydrogen-bond acceptors (Lipinski definition) is 1. The fourth-order valence-corrected chi connectivity index (χ4v) is 2.13. The Kier molecular flexibility index (Phi) is 3.82. The van der Waals surface area contributed by atoms with Crippen molar-refractivity contribution >= 4 is 44.3 Å². The third-order valence-electron chi connectivity index (χ3n) is 2.26. The Bertz CT molecular complexity index is 530. The second kappa shape index (κ2) is 5.34. The van der Waals surface area contributed by atoms with Crippen molar-refractivity contribution in [2.24, 2.45) is 0 Å². The van der Waals surface area contributed by atoms with E-state index in [4.69, 9.17) is 11.6 Å². The van der Waals surface area contributed by atoms with Gasteiger partial charge in [-0.1, -0.05) is 40.2 Å². The molecule has 0 N–H and O–H groups in total. The van der Waals surface area contributed by atoms with Crippen molar-refractivity contribution < 1.29 is 4.79 Å². The van der Waals surface area contributed by atoms with Crippen molar-refractivity contribution in [1.82, 2.24) is 0 Å². The summed E-state index contributed by atoms with van der Waals surface area (Å²) in [6.07, 6.45) is 0. The second-order valence-electron chi connectivity index (χ2n) is 3.40. The van der Waals surface area contributed by atoms with E-state index in [2.05, 4.69) is 15.9 Å². The number of carbonyl (C=O) groups is 1. The van der Waals surface area contributed by atoms with Crippen LogP contribution in [0.3, 0.4) is 0 Å². The Balaban J connectivity index is 2.47. The molecule has 0 aliphatic rings. The van der Waals surface area contributed by atoms with E-state index in [9.17, 15) is 4.79 Å². The quantitative estimate of drug-likeness (QED) is 0.568. The topological polar surface area (TPSA) is 20.3 Å². The maximum Gasteiger partial charge on any atom is 0.325 e. The first-order valence-electron chi connectivity index (χ1n) is 4.98. The summed E-state index contributed by atoms with van der Waals surface area (Å²) >= 11 is 9.01. The normalized spacial score (nSPS) is 10.0. The van der Waals surface area contributed by atoms with Crippen LogP contribution < -0.4 is 4.90 Å². The van der Waals surface area contributed by atoms with Crippen molar-refractivity contribution in [3.63, 3.8) is 0 Å². The van der Waals surface area contributed by atoms with Gasteiger partial charge in [-0.05, 0) is 41.9 Å². The summed E-state index contributed by atoms with van der Waals surface area (Å²) in [6, 6.07) is 16.7. The molecule has 2 rings (SSSR count). The van der Waals surface area contributed by atoms with Crippen LogP contribution in [0.15, 0.2) is 59.1 Å². The van der Waals surface area contributed by atoms with Gasteiger partial charge in [-0.3, -0.25) is 9.69 Å². The highest BCUT2D eigenvalue weighted by Gasteiger charge is 2.15. The fraction of sp³-hybridized carbons (Fsp3) is 0. The van der Waals surface area contributed by atoms with Crippen molar-refractivity contribution in [3.05, 3.63) is 59.1 Å². The van der Waals surface area contributed by atoms with Crippen LogP contribution in [0.25, 0.3) is 0 Å². The summed E-state index contributed by atoms with van der Waals surface area (Å²) in [5.41, 5.74) is 1.47. The molecule has 2 nitrogen and oxygen atoms in total. The third-order valence-corrected chi connectivity index (χ3v) is 2.92. The lowest BCUT2D eigenvalue weighted by molar-refractivity contribution is 0.266. The predicted molar refractivity (Wildman–Crippen MR) is 74.0 cm³/mol. The first kappa shape index (κ1) is 12.1. The lowest BCUT2D eigenvalue weighted by Crippen LogP contribution is -2.19. The summed E-state index contributed by atoms with van der Waals surface area (Å²) in [5, 5.41) is -0.533. The molecule has 0 aliphatic heterocycles. The van der Waals surface area contributed by atoms with E-state index in [0.29, 0.717) is 0 Å². The predicted octanol–water partition coefficient (Wildman–Crippen LogP) is 4.95. The van der Waals surface area contributed by atoms with Gasteiger partial charge in [0.1, 0.15) is 0 Å². The number of para-hydroxylation sites is 1. The Morgan fingerprint density at radius 3 is 2.24 bits per heavy atom. The SMILES string of the molecule is O=C(Cl)N(c1ccccc1)c1cccc(Br)c1. The lowest BCUT2D eigenvalue weighted by Gasteiger charge is -2.19. The molecular formula is C13H9BrClNO. The molecule has 0 saturated carbocycles. The van der Waals surface area contributed by atoms with E-state index >= 15 is 0 Å². The summed E-state index contributed by atoms with van der Waals surface area (Å²) in [4.78, 5) is 13.0. The Hall–Kier alpha value is -1.32. The van der Waals surface area contributed by atoms with Gasteiger partial charge in [-0.15, -0.1) is 0 Å². The van der Waals surface area contributed by atoms with Crippen molar-refractivity contribution in [2.45, 2.75) is 0 Å². The highest BCUT2D eigenvalue weighted by atomic mass is 79.9. The molecule has 17 heavy (non-hydrogen) atoms. The molecule has 0 aromatic heterocycles. The number of rotatable bonds is 2. The van der Waals surface area contributed by atoms with Crippen molar-refractivity contribution in [1.29, 1.82) is 0 Å². The van der Waals surface area contributed by atoms with Crippen LogP contribution in [0.1, 0.15) is 0 Å². The smallest absolute Gasteiger partial charge is 0.268 e. The molecule has 1 amide bonds. The molecule has 0 radical (unpaired) electrons. The maximum absolute atomic E-state index is 11.5. The molecule has 0 spiro atoms. The zero-order valence-electron chi connectivity index (χ0n) is 8.81. The number of halogens is 2. The van der Waals surface area contributed by atoms with Gasteiger partial charge in [-0.2, -0.15) is 0 Å². The molecule has 0 heterocycles. The van der Waals surface area contributed by atoms with Gasteiger partial charge in [-0.25, -0.2) is 0 Å². The third kappa shape index (κ3) is 2.87. The van der Waals surface area contributed by atoms with Gasteiger partial charge >= 0.3 is 5.37 Å². The number of benzene rings is 2. The van der Waals surface area contributed by atoms with E-state index in [-0.39, 0.29) is 0 Å². The summed E-state index contributed by atoms with van der Waals surface area (Å²) in [5.74, 6) is 0. The van der Waals surface area contributed by atoms with Crippen LogP contribution in [-0.2, 0) is 0 Å². The van der Waals surface area contributed by atoms with E-state index in [0.717, 1.165) is 15.8 Å². The van der Waals surface area contributed by atoms with Crippen molar-refractivity contribution in [3.8, 4) is 0 Å². The molecule has 2 aromatic rings. The molecule has 2 aromatic carbocycles. The van der Waals surface area contributed by atoms with Crippen LogP contribution >= 0.6 is 27.5 Å². The average Bonchev–Trinajstić information content (AvgIpc) is 2.30. The van der Waals surface area contributed by atoms with Gasteiger partial charge in [0.25, 0.3) is 0 Å². The highest BCUT2D eigenvalue weighted by molar-refractivity contribution is 9.10. The maximum atomic E-state index is 11.5. The minimum Gasteiger partial charge on any atom is -0.268 e. The number of hydrogen-bond donors (Lipinski definition) is 0. The highest BCUT2D eigenvalue weighted by Crippen LogP contribution is 2.28. The van der Waals surface area contributed by atoms with Gasteiger partial charge in [0.05, 0.1) is 11.4 Å². The zero-order valence-corrected chi connectivity index (χ0v) is 11.1. The number of carbonyl (C=O) groups excluding carboxylic acids is 1. The summed E-state index contributed by atoms with van der Waals surface area (Å²) in [7, 11) is 0. The molecule has 0 unspecified atom stereocenters. The number of nitrogens with zero attached hydrogens (tertiary/aromatic N) is 1. The Morgan fingerprint density at radius 2 is 1.65 bits per heavy atom. The molecule has 0 saturated heterocycles. The van der Waals surface area contributed by atoms with Crippen LogP contribution in [-0.4, -0.2) is 5.37 Å². The van der Waals surface area contributed by atoms with Crippen LogP contribution in [0.2, 0.25) is 0 Å².